The van der Waals surface area contributed by atoms with E-state index in [-0.39, 0.29) is 24.0 Å². The number of piperidine rings is 1. The molecule has 0 aromatic carbocycles. The van der Waals surface area contributed by atoms with Gasteiger partial charge < -0.3 is 33.2 Å². The minimum Gasteiger partial charge on any atom is -1.00 e. The van der Waals surface area contributed by atoms with Gasteiger partial charge in [0.05, 0.1) is 20.1 Å². The van der Waals surface area contributed by atoms with Crippen molar-refractivity contribution in [2.75, 3.05) is 33.8 Å². The van der Waals surface area contributed by atoms with Gasteiger partial charge in [-0.2, -0.15) is 0 Å². The third-order valence-corrected chi connectivity index (χ3v) is 2.97. The Hall–Kier alpha value is 0.650. The first-order chi connectivity index (χ1) is 5.70. The Kier molecular flexibility index (Phi) is 6.50. The fourth-order valence-electron chi connectivity index (χ4n) is 2.31. The van der Waals surface area contributed by atoms with Crippen LogP contribution >= 0.6 is 0 Å². The van der Waals surface area contributed by atoms with E-state index in [2.05, 4.69) is 14.0 Å². The second-order valence-electron chi connectivity index (χ2n) is 4.25. The fourth-order valence-corrected chi connectivity index (χ4v) is 2.31. The normalized spacial score (nSPS) is 33.9. The molecule has 0 bridgehead atoms. The van der Waals surface area contributed by atoms with Gasteiger partial charge in [0.1, 0.15) is 12.6 Å². The molecule has 1 heterocycles. The van der Waals surface area contributed by atoms with E-state index in [1.54, 1.807) is 0 Å². The highest BCUT2D eigenvalue weighted by molar-refractivity contribution is 4.63. The van der Waals surface area contributed by atoms with Gasteiger partial charge in [-0.05, 0) is 19.3 Å². The molecule has 0 aliphatic carbocycles. The summed E-state index contributed by atoms with van der Waals surface area (Å²) in [5.74, 6) is 0. The highest BCUT2D eigenvalue weighted by atomic mass is 127. The molecule has 2 atom stereocenters. The molecular formula is C10H22INO. The van der Waals surface area contributed by atoms with Crippen LogP contribution < -0.4 is 24.0 Å². The topological polar surface area (TPSA) is 9.23 Å². The number of methoxy groups -OCH3 is 1. The summed E-state index contributed by atoms with van der Waals surface area (Å²) in [6.45, 7) is 6.12. The average Bonchev–Trinajstić information content (AvgIpc) is 2.04. The zero-order valence-electron chi connectivity index (χ0n) is 9.05. The van der Waals surface area contributed by atoms with Crippen molar-refractivity contribution in [2.24, 2.45) is 0 Å². The highest BCUT2D eigenvalue weighted by Gasteiger charge is 2.29. The number of likely N-dealkylation sites (tertiary alicyclic amines) is 1. The molecule has 13 heavy (non-hydrogen) atoms. The minimum atomic E-state index is 0. The lowest BCUT2D eigenvalue weighted by molar-refractivity contribution is -0.917. The number of hydrogen-bond acceptors (Lipinski definition) is 1. The molecule has 1 aliphatic rings. The molecule has 80 valence electrons. The highest BCUT2D eigenvalue weighted by Crippen LogP contribution is 2.18. The second-order valence-corrected chi connectivity index (χ2v) is 4.25. The molecule has 1 saturated heterocycles. The molecule has 0 amide bonds. The Morgan fingerprint density at radius 2 is 2.15 bits per heavy atom. The summed E-state index contributed by atoms with van der Waals surface area (Å²) in [6, 6.07) is 0. The first-order valence-electron chi connectivity index (χ1n) is 5.06. The van der Waals surface area contributed by atoms with Crippen LogP contribution in [0.2, 0.25) is 0 Å². The van der Waals surface area contributed by atoms with Crippen LogP contribution in [-0.2, 0) is 4.74 Å². The second kappa shape index (κ2) is 6.19. The van der Waals surface area contributed by atoms with Crippen molar-refractivity contribution in [2.45, 2.75) is 32.3 Å². The Morgan fingerprint density at radius 3 is 2.69 bits per heavy atom. The standard InChI is InChI=1S/C10H22NO.HI/c1-4-7-11(2)8-5-6-10(9-11)12-3;/h10H,4-9H2,1-3H3;1H/q+1;/p-1. The zero-order valence-corrected chi connectivity index (χ0v) is 11.2. The summed E-state index contributed by atoms with van der Waals surface area (Å²) in [7, 11) is 4.20. The SMILES string of the molecule is CCC[N+]1(C)CCCC(OC)C1.[I-]. The molecule has 1 fully saturated rings. The van der Waals surface area contributed by atoms with Crippen LogP contribution in [0.3, 0.4) is 0 Å². The van der Waals surface area contributed by atoms with Gasteiger partial charge in [-0.3, -0.25) is 0 Å². The maximum absolute atomic E-state index is 5.42. The van der Waals surface area contributed by atoms with Crippen LogP contribution in [0, 0.1) is 0 Å². The zero-order chi connectivity index (χ0) is 9.03. The summed E-state index contributed by atoms with van der Waals surface area (Å²) < 4.78 is 6.63. The number of hydrogen-bond donors (Lipinski definition) is 0. The quantitative estimate of drug-likeness (QED) is 0.463. The Labute approximate surface area is 99.2 Å². The number of ether oxygens (including phenoxy) is 1. The fraction of sp³-hybridized carbons (Fsp3) is 1.00. The summed E-state index contributed by atoms with van der Waals surface area (Å²) in [4.78, 5) is 0. The molecule has 1 rings (SSSR count). The van der Waals surface area contributed by atoms with Crippen LogP contribution in [-0.4, -0.2) is 44.4 Å². The van der Waals surface area contributed by atoms with E-state index in [4.69, 9.17) is 4.74 Å². The molecule has 2 unspecified atom stereocenters. The van der Waals surface area contributed by atoms with Gasteiger partial charge in [-0.25, -0.2) is 0 Å². The van der Waals surface area contributed by atoms with E-state index in [0.29, 0.717) is 6.10 Å². The smallest absolute Gasteiger partial charge is 0.106 e. The molecule has 3 heteroatoms. The van der Waals surface area contributed by atoms with Gasteiger partial charge in [0.25, 0.3) is 0 Å². The average molecular weight is 299 g/mol. The van der Waals surface area contributed by atoms with Crippen molar-refractivity contribution in [1.29, 1.82) is 0 Å². The van der Waals surface area contributed by atoms with E-state index >= 15 is 0 Å². The molecular weight excluding hydrogens is 277 g/mol. The molecule has 0 N–H and O–H groups in total. The third kappa shape index (κ3) is 4.13. The van der Waals surface area contributed by atoms with Gasteiger partial charge in [0.2, 0.25) is 0 Å². The van der Waals surface area contributed by atoms with E-state index in [9.17, 15) is 0 Å². The molecule has 0 aromatic heterocycles. The van der Waals surface area contributed by atoms with Gasteiger partial charge in [-0.15, -0.1) is 0 Å². The molecule has 1 aliphatic heterocycles. The number of nitrogens with zero attached hydrogens (tertiary/aromatic N) is 1. The Morgan fingerprint density at radius 1 is 1.46 bits per heavy atom. The van der Waals surface area contributed by atoms with Gasteiger partial charge in [0.15, 0.2) is 0 Å². The molecule has 0 radical (unpaired) electrons. The van der Waals surface area contributed by atoms with Crippen LogP contribution in [0.15, 0.2) is 0 Å². The molecule has 2 nitrogen and oxygen atoms in total. The maximum atomic E-state index is 5.42. The lowest BCUT2D eigenvalue weighted by Gasteiger charge is -2.40. The summed E-state index contributed by atoms with van der Waals surface area (Å²) in [6.07, 6.45) is 4.38. The van der Waals surface area contributed by atoms with Crippen molar-refractivity contribution in [3.8, 4) is 0 Å². The van der Waals surface area contributed by atoms with Gasteiger partial charge in [-0.1, -0.05) is 6.92 Å². The van der Waals surface area contributed by atoms with Crippen LogP contribution in [0.5, 0.6) is 0 Å². The van der Waals surface area contributed by atoms with Gasteiger partial charge in [0, 0.05) is 7.11 Å². The first-order valence-corrected chi connectivity index (χ1v) is 5.06. The summed E-state index contributed by atoms with van der Waals surface area (Å²) in [5.41, 5.74) is 0. The van der Waals surface area contributed by atoms with E-state index in [1.165, 1.54) is 43.4 Å². The van der Waals surface area contributed by atoms with Crippen molar-refractivity contribution in [3.63, 3.8) is 0 Å². The van der Waals surface area contributed by atoms with Crippen LogP contribution in [0.1, 0.15) is 26.2 Å². The molecule has 0 aromatic rings. The largest absolute Gasteiger partial charge is 1.00 e. The van der Waals surface area contributed by atoms with Crippen molar-refractivity contribution in [3.05, 3.63) is 0 Å². The molecule has 0 spiro atoms. The predicted molar refractivity (Wildman–Crippen MR) is 51.1 cm³/mol. The molecule has 0 saturated carbocycles. The lowest BCUT2D eigenvalue weighted by atomic mass is 10.1. The summed E-state index contributed by atoms with van der Waals surface area (Å²) >= 11 is 0. The van der Waals surface area contributed by atoms with Crippen molar-refractivity contribution >= 4 is 0 Å². The number of halogens is 1. The monoisotopic (exact) mass is 299 g/mol. The van der Waals surface area contributed by atoms with Crippen molar-refractivity contribution < 1.29 is 33.2 Å². The first kappa shape index (κ1) is 13.7. The lowest BCUT2D eigenvalue weighted by Crippen LogP contribution is -3.00. The maximum Gasteiger partial charge on any atom is 0.106 e. The Bertz CT molecular complexity index is 139. The van der Waals surface area contributed by atoms with Gasteiger partial charge >= 0.3 is 0 Å². The van der Waals surface area contributed by atoms with E-state index < -0.39 is 0 Å². The number of rotatable bonds is 3. The van der Waals surface area contributed by atoms with Crippen LogP contribution in [0.25, 0.3) is 0 Å². The van der Waals surface area contributed by atoms with Crippen molar-refractivity contribution in [1.82, 2.24) is 0 Å². The van der Waals surface area contributed by atoms with E-state index in [0.717, 1.165) is 0 Å². The number of quaternary nitrogens is 1. The van der Waals surface area contributed by atoms with Crippen LogP contribution in [0.4, 0.5) is 0 Å². The Balaban J connectivity index is 0.00000144. The minimum absolute atomic E-state index is 0. The summed E-state index contributed by atoms with van der Waals surface area (Å²) in [5, 5.41) is 0. The third-order valence-electron chi connectivity index (χ3n) is 2.97. The van der Waals surface area contributed by atoms with E-state index in [1.807, 2.05) is 7.11 Å². The number of likely N-dealkylation sites (N-methyl/N-ethyl adjacent to an activating group) is 1. The predicted octanol–water partition coefficient (Wildman–Crippen LogP) is -1.34.